The van der Waals surface area contributed by atoms with Crippen LogP contribution >= 0.6 is 11.6 Å². The van der Waals surface area contributed by atoms with Gasteiger partial charge in [-0.3, -0.25) is 9.10 Å². The van der Waals surface area contributed by atoms with Crippen molar-refractivity contribution >= 4 is 38.9 Å². The predicted octanol–water partition coefficient (Wildman–Crippen LogP) is 4.22. The largest absolute Gasteiger partial charge is 0.271 e. The number of benzene rings is 2. The number of hydrazone groups is 1. The third-order valence-electron chi connectivity index (χ3n) is 4.95. The van der Waals surface area contributed by atoms with E-state index >= 15 is 0 Å². The summed E-state index contributed by atoms with van der Waals surface area (Å²) in [5.74, 6) is -0.172. The highest BCUT2D eigenvalue weighted by molar-refractivity contribution is 7.92. The molecule has 0 heterocycles. The monoisotopic (exact) mass is 433 g/mol. The van der Waals surface area contributed by atoms with Crippen molar-refractivity contribution in [1.29, 1.82) is 0 Å². The Labute approximate surface area is 176 Å². The van der Waals surface area contributed by atoms with Crippen molar-refractivity contribution in [3.05, 3.63) is 59.6 Å². The Kier molecular flexibility index (Phi) is 6.92. The second-order valence-corrected chi connectivity index (χ2v) is 9.38. The van der Waals surface area contributed by atoms with E-state index in [1.165, 1.54) is 12.1 Å². The first-order valence-electron chi connectivity index (χ1n) is 9.56. The Morgan fingerprint density at radius 3 is 2.48 bits per heavy atom. The van der Waals surface area contributed by atoms with Crippen molar-refractivity contribution in [3.63, 3.8) is 0 Å². The van der Waals surface area contributed by atoms with E-state index in [9.17, 15) is 13.2 Å². The topological polar surface area (TPSA) is 78.8 Å². The first-order valence-corrected chi connectivity index (χ1v) is 11.4. The van der Waals surface area contributed by atoms with E-state index in [0.717, 1.165) is 35.7 Å². The summed E-state index contributed by atoms with van der Waals surface area (Å²) in [6.07, 6.45) is 4.12. The smallest absolute Gasteiger partial charge is 0.264 e. The lowest BCUT2D eigenvalue weighted by Gasteiger charge is -2.24. The number of rotatable bonds is 6. The molecule has 8 heteroatoms. The number of hydrogen-bond acceptors (Lipinski definition) is 4. The molecule has 3 rings (SSSR count). The van der Waals surface area contributed by atoms with Crippen LogP contribution in [0.1, 0.15) is 32.6 Å². The van der Waals surface area contributed by atoms with Crippen LogP contribution in [0.2, 0.25) is 5.02 Å². The van der Waals surface area contributed by atoms with Crippen molar-refractivity contribution in [3.8, 4) is 0 Å². The molecule has 1 saturated carbocycles. The zero-order valence-electron chi connectivity index (χ0n) is 16.2. The summed E-state index contributed by atoms with van der Waals surface area (Å²) in [6.45, 7) is 1.70. The normalized spacial score (nSPS) is 18.4. The van der Waals surface area contributed by atoms with Gasteiger partial charge in [0.1, 0.15) is 6.54 Å². The molecule has 29 heavy (non-hydrogen) atoms. The van der Waals surface area contributed by atoms with Crippen LogP contribution in [0.25, 0.3) is 0 Å². The lowest BCUT2D eigenvalue weighted by Crippen LogP contribution is -2.40. The Balaban J connectivity index is 1.84. The molecule has 0 unspecified atom stereocenters. The van der Waals surface area contributed by atoms with Crippen LogP contribution in [0, 0.1) is 5.92 Å². The molecule has 1 aliphatic carbocycles. The molecule has 1 aliphatic rings. The fourth-order valence-corrected chi connectivity index (χ4v) is 4.85. The zero-order chi connectivity index (χ0) is 20.9. The standard InChI is InChI=1S/C21H24ClN3O3S/c1-16-7-5-6-10-20(16)23-24-21(26)15-25(18-13-11-17(22)12-14-18)29(27,28)19-8-3-2-4-9-19/h2-4,8-9,11-14,16H,5-7,10,15H2,1H3,(H,24,26)/b23-20-/t16-/m1/s1. The van der Waals surface area contributed by atoms with Crippen molar-refractivity contribution in [2.45, 2.75) is 37.5 Å². The van der Waals surface area contributed by atoms with Gasteiger partial charge < -0.3 is 0 Å². The van der Waals surface area contributed by atoms with Gasteiger partial charge in [0, 0.05) is 10.7 Å². The molecule has 6 nitrogen and oxygen atoms in total. The lowest BCUT2D eigenvalue weighted by atomic mass is 9.89. The molecule has 1 N–H and O–H groups in total. The second-order valence-electron chi connectivity index (χ2n) is 7.09. The van der Waals surface area contributed by atoms with E-state index in [1.807, 2.05) is 0 Å². The molecule has 1 amide bonds. The number of halogens is 1. The number of nitrogens with one attached hydrogen (secondary N) is 1. The molecule has 0 saturated heterocycles. The van der Waals surface area contributed by atoms with E-state index in [1.54, 1.807) is 42.5 Å². The highest BCUT2D eigenvalue weighted by Crippen LogP contribution is 2.25. The molecule has 1 fully saturated rings. The first kappa shape index (κ1) is 21.3. The lowest BCUT2D eigenvalue weighted by molar-refractivity contribution is -0.119. The fraction of sp³-hybridized carbons (Fsp3) is 0.333. The summed E-state index contributed by atoms with van der Waals surface area (Å²) in [5.41, 5.74) is 3.84. The maximum Gasteiger partial charge on any atom is 0.264 e. The number of carbonyl (C=O) groups excluding carboxylic acids is 1. The molecule has 0 bridgehead atoms. The average molecular weight is 434 g/mol. The second kappa shape index (κ2) is 9.41. The number of nitrogens with zero attached hydrogens (tertiary/aromatic N) is 2. The van der Waals surface area contributed by atoms with Gasteiger partial charge in [-0.05, 0) is 61.6 Å². The van der Waals surface area contributed by atoms with Crippen LogP contribution in [0.3, 0.4) is 0 Å². The van der Waals surface area contributed by atoms with Gasteiger partial charge in [-0.25, -0.2) is 13.8 Å². The number of carbonyl (C=O) groups is 1. The van der Waals surface area contributed by atoms with Crippen molar-refractivity contribution in [2.24, 2.45) is 11.0 Å². The van der Waals surface area contributed by atoms with Gasteiger partial charge in [-0.1, -0.05) is 43.1 Å². The van der Waals surface area contributed by atoms with Crippen LogP contribution in [-0.4, -0.2) is 26.6 Å². The number of hydrogen-bond donors (Lipinski definition) is 1. The van der Waals surface area contributed by atoms with Crippen molar-refractivity contribution in [2.75, 3.05) is 10.8 Å². The van der Waals surface area contributed by atoms with Gasteiger partial charge in [0.25, 0.3) is 15.9 Å². The molecule has 0 spiro atoms. The molecule has 0 aliphatic heterocycles. The van der Waals surface area contributed by atoms with Gasteiger partial charge in [0.2, 0.25) is 0 Å². The van der Waals surface area contributed by atoms with Crippen LogP contribution in [0.4, 0.5) is 5.69 Å². The fourth-order valence-electron chi connectivity index (χ4n) is 3.28. The number of sulfonamides is 1. The van der Waals surface area contributed by atoms with Gasteiger partial charge in [-0.2, -0.15) is 5.10 Å². The third-order valence-corrected chi connectivity index (χ3v) is 6.99. The molecule has 0 radical (unpaired) electrons. The molecule has 1 atom stereocenters. The minimum absolute atomic E-state index is 0.106. The molecule has 0 aromatic heterocycles. The number of anilines is 1. The Morgan fingerprint density at radius 2 is 1.83 bits per heavy atom. The summed E-state index contributed by atoms with van der Waals surface area (Å²) in [4.78, 5) is 12.7. The summed E-state index contributed by atoms with van der Waals surface area (Å²) < 4.78 is 27.4. The highest BCUT2D eigenvalue weighted by atomic mass is 35.5. The van der Waals surface area contributed by atoms with Gasteiger partial charge in [0.05, 0.1) is 10.6 Å². The zero-order valence-corrected chi connectivity index (χ0v) is 17.8. The number of amides is 1. The predicted molar refractivity (Wildman–Crippen MR) is 116 cm³/mol. The summed E-state index contributed by atoms with van der Waals surface area (Å²) in [5, 5.41) is 4.73. The summed E-state index contributed by atoms with van der Waals surface area (Å²) >= 11 is 5.94. The van der Waals surface area contributed by atoms with Crippen LogP contribution in [0.5, 0.6) is 0 Å². The van der Waals surface area contributed by atoms with Crippen molar-refractivity contribution < 1.29 is 13.2 Å². The van der Waals surface area contributed by atoms with Gasteiger partial charge >= 0.3 is 0 Å². The van der Waals surface area contributed by atoms with Crippen LogP contribution < -0.4 is 9.73 Å². The maximum absolute atomic E-state index is 13.2. The van der Waals surface area contributed by atoms with E-state index < -0.39 is 15.9 Å². The third kappa shape index (κ3) is 5.36. The van der Waals surface area contributed by atoms with Gasteiger partial charge in [0.15, 0.2) is 0 Å². The SMILES string of the molecule is C[C@@H]1CCCC/C1=N/NC(=O)CN(c1ccc(Cl)cc1)S(=O)(=O)c1ccccc1. The van der Waals surface area contributed by atoms with E-state index in [2.05, 4.69) is 17.5 Å². The summed E-state index contributed by atoms with van der Waals surface area (Å²) in [7, 11) is -3.94. The van der Waals surface area contributed by atoms with Gasteiger partial charge in [-0.15, -0.1) is 0 Å². The quantitative estimate of drug-likeness (QED) is 0.693. The molecular formula is C21H24ClN3O3S. The van der Waals surface area contributed by atoms with Crippen LogP contribution in [0.15, 0.2) is 64.6 Å². The minimum Gasteiger partial charge on any atom is -0.271 e. The van der Waals surface area contributed by atoms with E-state index in [-0.39, 0.29) is 11.4 Å². The highest BCUT2D eigenvalue weighted by Gasteiger charge is 2.27. The Hall–Kier alpha value is -2.38. The summed E-state index contributed by atoms with van der Waals surface area (Å²) in [6, 6.07) is 14.3. The van der Waals surface area contributed by atoms with E-state index in [4.69, 9.17) is 11.6 Å². The Morgan fingerprint density at radius 1 is 1.14 bits per heavy atom. The van der Waals surface area contributed by atoms with Crippen LogP contribution in [-0.2, 0) is 14.8 Å². The molecule has 154 valence electrons. The van der Waals surface area contributed by atoms with E-state index in [0.29, 0.717) is 16.6 Å². The molecule has 2 aromatic rings. The average Bonchev–Trinajstić information content (AvgIpc) is 2.73. The molecule has 2 aromatic carbocycles. The minimum atomic E-state index is -3.94. The molecular weight excluding hydrogens is 410 g/mol. The first-order chi connectivity index (χ1) is 13.9. The van der Waals surface area contributed by atoms with Crippen molar-refractivity contribution in [1.82, 2.24) is 5.43 Å². The Bertz CT molecular complexity index is 976. The maximum atomic E-state index is 13.2.